The van der Waals surface area contributed by atoms with Gasteiger partial charge in [0.1, 0.15) is 5.76 Å². The van der Waals surface area contributed by atoms with Crippen molar-refractivity contribution in [3.63, 3.8) is 0 Å². The minimum absolute atomic E-state index is 0.0347. The number of rotatable bonds is 5. The maximum absolute atomic E-state index is 12.1. The van der Waals surface area contributed by atoms with E-state index in [0.717, 1.165) is 5.76 Å². The van der Waals surface area contributed by atoms with Gasteiger partial charge in [-0.3, -0.25) is 4.90 Å². The lowest BCUT2D eigenvalue weighted by molar-refractivity contribution is 0.174. The summed E-state index contributed by atoms with van der Waals surface area (Å²) < 4.78 is 15.9. The monoisotopic (exact) mass is 317 g/mol. The van der Waals surface area contributed by atoms with Gasteiger partial charge in [-0.1, -0.05) is 0 Å². The van der Waals surface area contributed by atoms with E-state index < -0.39 is 0 Å². The van der Waals surface area contributed by atoms with Gasteiger partial charge in [-0.2, -0.15) is 0 Å². The van der Waals surface area contributed by atoms with Gasteiger partial charge in [0.25, 0.3) is 0 Å². The number of benzene rings is 1. The van der Waals surface area contributed by atoms with E-state index in [1.807, 2.05) is 31.1 Å². The summed E-state index contributed by atoms with van der Waals surface area (Å²) in [5.74, 6) is 2.12. The first-order valence-electron chi connectivity index (χ1n) is 7.28. The highest BCUT2D eigenvalue weighted by molar-refractivity contribution is 5.89. The van der Waals surface area contributed by atoms with Gasteiger partial charge < -0.3 is 24.5 Å². The lowest BCUT2D eigenvalue weighted by Gasteiger charge is -2.22. The highest BCUT2D eigenvalue weighted by atomic mass is 16.7. The van der Waals surface area contributed by atoms with Gasteiger partial charge in [-0.25, -0.2) is 4.79 Å². The van der Waals surface area contributed by atoms with Gasteiger partial charge in [0, 0.05) is 18.3 Å². The third-order valence-corrected chi connectivity index (χ3v) is 3.58. The van der Waals surface area contributed by atoms with Crippen molar-refractivity contribution in [2.24, 2.45) is 0 Å². The van der Waals surface area contributed by atoms with Crippen molar-refractivity contribution in [2.75, 3.05) is 32.7 Å². The molecule has 0 radical (unpaired) electrons. The van der Waals surface area contributed by atoms with Crippen LogP contribution in [0.4, 0.5) is 10.5 Å². The second kappa shape index (κ2) is 6.62. The number of hydrogen-bond donors (Lipinski definition) is 2. The summed E-state index contributed by atoms with van der Waals surface area (Å²) in [6.07, 6.45) is 1.62. The molecule has 7 heteroatoms. The molecule has 0 aliphatic carbocycles. The lowest BCUT2D eigenvalue weighted by atomic mass is 10.2. The molecule has 7 nitrogen and oxygen atoms in total. The van der Waals surface area contributed by atoms with E-state index in [9.17, 15) is 4.79 Å². The fraction of sp³-hybridized carbons (Fsp3) is 0.312. The third kappa shape index (κ3) is 3.57. The van der Waals surface area contributed by atoms with Crippen molar-refractivity contribution in [2.45, 2.75) is 6.04 Å². The molecule has 1 aliphatic rings. The Hall–Kier alpha value is -2.67. The largest absolute Gasteiger partial charge is 0.468 e. The van der Waals surface area contributed by atoms with Crippen LogP contribution in [0.5, 0.6) is 11.5 Å². The van der Waals surface area contributed by atoms with Crippen molar-refractivity contribution >= 4 is 11.7 Å². The highest BCUT2D eigenvalue weighted by Gasteiger charge is 2.18. The molecule has 1 aromatic carbocycles. The smallest absolute Gasteiger partial charge is 0.319 e. The van der Waals surface area contributed by atoms with Gasteiger partial charge in [-0.05, 0) is 38.4 Å². The van der Waals surface area contributed by atoms with Gasteiger partial charge in [0.05, 0.1) is 12.3 Å². The highest BCUT2D eigenvalue weighted by Crippen LogP contribution is 2.34. The third-order valence-electron chi connectivity index (χ3n) is 3.58. The van der Waals surface area contributed by atoms with Crippen LogP contribution in [-0.4, -0.2) is 38.4 Å². The van der Waals surface area contributed by atoms with Crippen LogP contribution in [0.1, 0.15) is 11.8 Å². The van der Waals surface area contributed by atoms with Crippen molar-refractivity contribution in [3.8, 4) is 11.5 Å². The standard InChI is InChI=1S/C16H19N3O4/c1-19(2)12(13-4-3-7-21-13)9-17-16(20)18-11-5-6-14-15(8-11)23-10-22-14/h3-8,12H,9-10H2,1-2H3,(H2,17,18,20). The van der Waals surface area contributed by atoms with Gasteiger partial charge in [0.2, 0.25) is 6.79 Å². The number of carbonyl (C=O) groups is 1. The van der Waals surface area contributed by atoms with Crippen LogP contribution in [-0.2, 0) is 0 Å². The first kappa shape index (κ1) is 15.2. The zero-order chi connectivity index (χ0) is 16.2. The molecule has 1 aromatic heterocycles. The van der Waals surface area contributed by atoms with Crippen molar-refractivity contribution in [1.29, 1.82) is 0 Å². The maximum Gasteiger partial charge on any atom is 0.319 e. The molecule has 2 amide bonds. The lowest BCUT2D eigenvalue weighted by Crippen LogP contribution is -2.36. The van der Waals surface area contributed by atoms with Crippen molar-refractivity contribution in [3.05, 3.63) is 42.4 Å². The topological polar surface area (TPSA) is 76.0 Å². The summed E-state index contributed by atoms with van der Waals surface area (Å²) in [4.78, 5) is 14.1. The zero-order valence-corrected chi connectivity index (χ0v) is 13.0. The summed E-state index contributed by atoms with van der Waals surface area (Å²) in [5.41, 5.74) is 0.645. The van der Waals surface area contributed by atoms with Crippen LogP contribution in [0, 0.1) is 0 Å². The number of nitrogens with one attached hydrogen (secondary N) is 2. The molecule has 2 N–H and O–H groups in total. The first-order valence-corrected chi connectivity index (χ1v) is 7.28. The zero-order valence-electron chi connectivity index (χ0n) is 13.0. The number of ether oxygens (including phenoxy) is 2. The fourth-order valence-electron chi connectivity index (χ4n) is 2.36. The summed E-state index contributed by atoms with van der Waals surface area (Å²) in [6, 6.07) is 8.67. The Morgan fingerprint density at radius 3 is 2.83 bits per heavy atom. The fourth-order valence-corrected chi connectivity index (χ4v) is 2.36. The molecule has 2 heterocycles. The molecule has 2 aromatic rings. The SMILES string of the molecule is CN(C)C(CNC(=O)Nc1ccc2c(c1)OCO2)c1ccco1. The molecule has 0 bridgehead atoms. The molecular formula is C16H19N3O4. The molecule has 1 atom stereocenters. The van der Waals surface area contributed by atoms with Crippen LogP contribution >= 0.6 is 0 Å². The Kier molecular flexibility index (Phi) is 4.38. The maximum atomic E-state index is 12.1. The van der Waals surface area contributed by atoms with Crippen LogP contribution in [0.3, 0.4) is 0 Å². The number of urea groups is 1. The van der Waals surface area contributed by atoms with Crippen molar-refractivity contribution in [1.82, 2.24) is 10.2 Å². The van der Waals surface area contributed by atoms with Gasteiger partial charge in [-0.15, -0.1) is 0 Å². The number of amides is 2. The number of carbonyl (C=O) groups excluding carboxylic acids is 1. The Morgan fingerprint density at radius 1 is 1.26 bits per heavy atom. The van der Waals surface area contributed by atoms with Crippen LogP contribution in [0.25, 0.3) is 0 Å². The minimum atomic E-state index is -0.290. The normalized spacial score (nSPS) is 13.9. The molecule has 0 fully saturated rings. The van der Waals surface area contributed by atoms with Crippen LogP contribution in [0.2, 0.25) is 0 Å². The van der Waals surface area contributed by atoms with Crippen molar-refractivity contribution < 1.29 is 18.7 Å². The second-order valence-electron chi connectivity index (χ2n) is 5.40. The molecule has 0 saturated carbocycles. The number of nitrogens with zero attached hydrogens (tertiary/aromatic N) is 1. The molecule has 1 aliphatic heterocycles. The van der Waals surface area contributed by atoms with Gasteiger partial charge >= 0.3 is 6.03 Å². The van der Waals surface area contributed by atoms with Crippen LogP contribution in [0.15, 0.2) is 41.0 Å². The Labute approximate surface area is 134 Å². The summed E-state index contributed by atoms with van der Waals surface area (Å²) in [7, 11) is 3.87. The summed E-state index contributed by atoms with van der Waals surface area (Å²) >= 11 is 0. The number of likely N-dealkylation sites (N-methyl/N-ethyl adjacent to an activating group) is 1. The number of anilines is 1. The van der Waals surface area contributed by atoms with E-state index in [1.54, 1.807) is 24.5 Å². The average molecular weight is 317 g/mol. The molecule has 122 valence electrons. The minimum Gasteiger partial charge on any atom is -0.468 e. The number of fused-ring (bicyclic) bond motifs is 1. The Bertz CT molecular complexity index is 670. The molecular weight excluding hydrogens is 298 g/mol. The van der Waals surface area contributed by atoms with Crippen LogP contribution < -0.4 is 20.1 Å². The average Bonchev–Trinajstić information content (AvgIpc) is 3.17. The van der Waals surface area contributed by atoms with E-state index in [4.69, 9.17) is 13.9 Å². The van der Waals surface area contributed by atoms with E-state index in [2.05, 4.69) is 10.6 Å². The number of furan rings is 1. The number of hydrogen-bond acceptors (Lipinski definition) is 5. The molecule has 0 saturated heterocycles. The quantitative estimate of drug-likeness (QED) is 0.886. The van der Waals surface area contributed by atoms with E-state index in [0.29, 0.717) is 23.7 Å². The van der Waals surface area contributed by atoms with E-state index in [-0.39, 0.29) is 18.9 Å². The second-order valence-corrected chi connectivity index (χ2v) is 5.40. The summed E-state index contributed by atoms with van der Waals surface area (Å²) in [5, 5.41) is 5.62. The van der Waals surface area contributed by atoms with E-state index >= 15 is 0 Å². The predicted molar refractivity (Wildman–Crippen MR) is 84.7 cm³/mol. The first-order chi connectivity index (χ1) is 11.1. The molecule has 0 spiro atoms. The van der Waals surface area contributed by atoms with E-state index in [1.165, 1.54) is 0 Å². The Balaban J connectivity index is 1.57. The summed E-state index contributed by atoms with van der Waals surface area (Å²) in [6.45, 7) is 0.634. The predicted octanol–water partition coefficient (Wildman–Crippen LogP) is 2.43. The molecule has 1 unspecified atom stereocenters. The molecule has 23 heavy (non-hydrogen) atoms. The van der Waals surface area contributed by atoms with Gasteiger partial charge in [0.15, 0.2) is 11.5 Å². The molecule has 3 rings (SSSR count). The Morgan fingerprint density at radius 2 is 2.09 bits per heavy atom.